The second-order valence-corrected chi connectivity index (χ2v) is 5.51. The van der Waals surface area contributed by atoms with Crippen molar-refractivity contribution in [2.75, 3.05) is 13.1 Å². The molecular formula is C12H13BrF2N2O. The third kappa shape index (κ3) is 2.40. The minimum Gasteiger partial charge on any atom is -0.337 e. The summed E-state index contributed by atoms with van der Waals surface area (Å²) < 4.78 is 27.6. The Kier molecular flexibility index (Phi) is 3.68. The third-order valence-electron chi connectivity index (χ3n) is 3.18. The van der Waals surface area contributed by atoms with Crippen LogP contribution in [0, 0.1) is 17.6 Å². The molecule has 2 unspecified atom stereocenters. The van der Waals surface area contributed by atoms with Crippen LogP contribution >= 0.6 is 15.9 Å². The Morgan fingerprint density at radius 1 is 1.39 bits per heavy atom. The average Bonchev–Trinajstić information content (AvgIpc) is 2.57. The van der Waals surface area contributed by atoms with Crippen LogP contribution in [-0.2, 0) is 0 Å². The van der Waals surface area contributed by atoms with Gasteiger partial charge in [-0.1, -0.05) is 22.9 Å². The molecule has 0 saturated carbocycles. The van der Waals surface area contributed by atoms with E-state index in [-0.39, 0.29) is 16.4 Å². The van der Waals surface area contributed by atoms with Gasteiger partial charge in [0.2, 0.25) is 0 Å². The van der Waals surface area contributed by atoms with Gasteiger partial charge in [0, 0.05) is 23.6 Å². The zero-order valence-electron chi connectivity index (χ0n) is 9.79. The van der Waals surface area contributed by atoms with Gasteiger partial charge in [-0.3, -0.25) is 4.79 Å². The van der Waals surface area contributed by atoms with E-state index < -0.39 is 23.1 Å². The van der Waals surface area contributed by atoms with Crippen molar-refractivity contribution >= 4 is 21.8 Å². The van der Waals surface area contributed by atoms with Crippen molar-refractivity contribution in [3.05, 3.63) is 33.8 Å². The van der Waals surface area contributed by atoms with E-state index in [0.29, 0.717) is 13.1 Å². The van der Waals surface area contributed by atoms with Crippen LogP contribution in [0.25, 0.3) is 0 Å². The smallest absolute Gasteiger partial charge is 0.259 e. The Morgan fingerprint density at radius 3 is 2.39 bits per heavy atom. The van der Waals surface area contributed by atoms with Gasteiger partial charge in [0.25, 0.3) is 5.91 Å². The average molecular weight is 319 g/mol. The normalized spacial score (nSPS) is 23.5. The third-order valence-corrected chi connectivity index (χ3v) is 3.64. The topological polar surface area (TPSA) is 46.3 Å². The number of hydrogen-bond donors (Lipinski definition) is 1. The van der Waals surface area contributed by atoms with Crippen LogP contribution in [-0.4, -0.2) is 29.9 Å². The van der Waals surface area contributed by atoms with Gasteiger partial charge >= 0.3 is 0 Å². The summed E-state index contributed by atoms with van der Waals surface area (Å²) in [5, 5.41) is 0. The predicted molar refractivity (Wildman–Crippen MR) is 67.1 cm³/mol. The molecule has 0 radical (unpaired) electrons. The number of halogens is 3. The molecule has 1 aromatic rings. The second-order valence-electron chi connectivity index (χ2n) is 4.60. The summed E-state index contributed by atoms with van der Waals surface area (Å²) in [7, 11) is 0. The van der Waals surface area contributed by atoms with E-state index >= 15 is 0 Å². The van der Waals surface area contributed by atoms with Gasteiger partial charge in [-0.15, -0.1) is 0 Å². The van der Waals surface area contributed by atoms with Gasteiger partial charge in [-0.2, -0.15) is 0 Å². The molecule has 1 heterocycles. The van der Waals surface area contributed by atoms with E-state index in [0.717, 1.165) is 12.1 Å². The highest BCUT2D eigenvalue weighted by atomic mass is 79.9. The standard InChI is InChI=1S/C12H13BrF2N2O/c1-6-4-17(5-10(6)16)12(18)11-8(14)2-7(13)3-9(11)15/h2-3,6,10H,4-5,16H2,1H3. The van der Waals surface area contributed by atoms with Crippen molar-refractivity contribution in [3.63, 3.8) is 0 Å². The monoisotopic (exact) mass is 318 g/mol. The van der Waals surface area contributed by atoms with Crippen LogP contribution in [0.3, 0.4) is 0 Å². The Bertz CT molecular complexity index is 462. The maximum atomic E-state index is 13.7. The van der Waals surface area contributed by atoms with E-state index in [9.17, 15) is 13.6 Å². The molecular weight excluding hydrogens is 306 g/mol. The summed E-state index contributed by atoms with van der Waals surface area (Å²) >= 11 is 2.97. The fraction of sp³-hybridized carbons (Fsp3) is 0.417. The van der Waals surface area contributed by atoms with Gasteiger partial charge in [0.15, 0.2) is 0 Å². The van der Waals surface area contributed by atoms with Crippen molar-refractivity contribution in [3.8, 4) is 0 Å². The van der Waals surface area contributed by atoms with E-state index in [1.165, 1.54) is 4.90 Å². The van der Waals surface area contributed by atoms with Crippen molar-refractivity contribution in [1.82, 2.24) is 4.90 Å². The first kappa shape index (κ1) is 13.4. The highest BCUT2D eigenvalue weighted by molar-refractivity contribution is 9.10. The first-order valence-electron chi connectivity index (χ1n) is 5.59. The number of benzene rings is 1. The Labute approximate surface area is 112 Å². The number of nitrogens with two attached hydrogens (primary N) is 1. The minimum absolute atomic E-state index is 0.135. The first-order chi connectivity index (χ1) is 8.40. The molecule has 1 saturated heterocycles. The molecule has 2 rings (SSSR count). The SMILES string of the molecule is CC1CN(C(=O)c2c(F)cc(Br)cc2F)CC1N. The molecule has 2 atom stereocenters. The van der Waals surface area contributed by atoms with E-state index in [2.05, 4.69) is 15.9 Å². The van der Waals surface area contributed by atoms with E-state index in [1.807, 2.05) is 6.92 Å². The van der Waals surface area contributed by atoms with Crippen molar-refractivity contribution in [2.24, 2.45) is 11.7 Å². The predicted octanol–water partition coefficient (Wildman–Crippen LogP) is 2.15. The lowest BCUT2D eigenvalue weighted by atomic mass is 10.1. The maximum absolute atomic E-state index is 13.7. The number of hydrogen-bond acceptors (Lipinski definition) is 2. The van der Waals surface area contributed by atoms with Gasteiger partial charge in [-0.25, -0.2) is 8.78 Å². The summed E-state index contributed by atoms with van der Waals surface area (Å²) in [6.07, 6.45) is 0. The van der Waals surface area contributed by atoms with Gasteiger partial charge in [0.1, 0.15) is 17.2 Å². The Balaban J connectivity index is 2.30. The highest BCUT2D eigenvalue weighted by Gasteiger charge is 2.32. The number of carbonyl (C=O) groups is 1. The number of amides is 1. The fourth-order valence-electron chi connectivity index (χ4n) is 2.06. The van der Waals surface area contributed by atoms with E-state index in [1.54, 1.807) is 0 Å². The van der Waals surface area contributed by atoms with Crippen LogP contribution in [0.5, 0.6) is 0 Å². The van der Waals surface area contributed by atoms with Crippen molar-refractivity contribution < 1.29 is 13.6 Å². The maximum Gasteiger partial charge on any atom is 0.259 e. The van der Waals surface area contributed by atoms with Crippen LogP contribution in [0.1, 0.15) is 17.3 Å². The summed E-state index contributed by atoms with van der Waals surface area (Å²) in [6, 6.07) is 2.02. The van der Waals surface area contributed by atoms with E-state index in [4.69, 9.17) is 5.73 Å². The van der Waals surface area contributed by atoms with Gasteiger partial charge in [0.05, 0.1) is 0 Å². The number of likely N-dealkylation sites (tertiary alicyclic amines) is 1. The zero-order chi connectivity index (χ0) is 13.4. The lowest BCUT2D eigenvalue weighted by Crippen LogP contribution is -2.33. The molecule has 0 aromatic heterocycles. The molecule has 2 N–H and O–H groups in total. The first-order valence-corrected chi connectivity index (χ1v) is 6.39. The molecule has 0 aliphatic carbocycles. The highest BCUT2D eigenvalue weighted by Crippen LogP contribution is 2.23. The second kappa shape index (κ2) is 4.93. The molecule has 1 aromatic carbocycles. The quantitative estimate of drug-likeness (QED) is 0.862. The molecule has 1 aliphatic heterocycles. The lowest BCUT2D eigenvalue weighted by Gasteiger charge is -2.16. The van der Waals surface area contributed by atoms with Crippen LogP contribution < -0.4 is 5.73 Å². The molecule has 6 heteroatoms. The zero-order valence-corrected chi connectivity index (χ0v) is 11.4. The minimum atomic E-state index is -0.861. The largest absolute Gasteiger partial charge is 0.337 e. The molecule has 3 nitrogen and oxygen atoms in total. The molecule has 1 fully saturated rings. The van der Waals surface area contributed by atoms with Crippen LogP contribution in [0.15, 0.2) is 16.6 Å². The van der Waals surface area contributed by atoms with Crippen LogP contribution in [0.2, 0.25) is 0 Å². The van der Waals surface area contributed by atoms with Gasteiger partial charge in [-0.05, 0) is 18.1 Å². The molecule has 1 aliphatic rings. The summed E-state index contributed by atoms with van der Waals surface area (Å²) in [5.41, 5.74) is 5.28. The van der Waals surface area contributed by atoms with Crippen LogP contribution in [0.4, 0.5) is 8.78 Å². The van der Waals surface area contributed by atoms with Gasteiger partial charge < -0.3 is 10.6 Å². The molecule has 98 valence electrons. The number of rotatable bonds is 1. The summed E-state index contributed by atoms with van der Waals surface area (Å²) in [6.45, 7) is 2.66. The number of carbonyl (C=O) groups excluding carboxylic acids is 1. The molecule has 1 amide bonds. The van der Waals surface area contributed by atoms with Crippen molar-refractivity contribution in [1.29, 1.82) is 0 Å². The number of nitrogens with zero attached hydrogens (tertiary/aromatic N) is 1. The Morgan fingerprint density at radius 2 is 1.94 bits per heavy atom. The summed E-state index contributed by atoms with van der Waals surface area (Å²) in [4.78, 5) is 13.5. The summed E-state index contributed by atoms with van der Waals surface area (Å²) in [5.74, 6) is -2.23. The molecule has 0 bridgehead atoms. The van der Waals surface area contributed by atoms with Crippen molar-refractivity contribution in [2.45, 2.75) is 13.0 Å². The molecule has 18 heavy (non-hydrogen) atoms. The Hall–Kier alpha value is -1.01. The molecule has 0 spiro atoms. The lowest BCUT2D eigenvalue weighted by molar-refractivity contribution is 0.0777. The fourth-order valence-corrected chi connectivity index (χ4v) is 2.46.